The minimum Gasteiger partial charge on any atom is -0.0654 e. The Labute approximate surface area is 96.8 Å². The molecule has 0 aromatic rings. The smallest absolute Gasteiger partial charge is 0.0380 e. The maximum atomic E-state index is 2.47. The van der Waals surface area contributed by atoms with Gasteiger partial charge in [-0.2, -0.15) is 0 Å². The molecule has 0 aromatic heterocycles. The van der Waals surface area contributed by atoms with Crippen molar-refractivity contribution in [3.05, 3.63) is 0 Å². The summed E-state index contributed by atoms with van der Waals surface area (Å²) in [7, 11) is 0. The standard InChI is InChI=1S/C15H30/c1-6-8-11(3)13(5)12(4)9-15-10-14(15)7-2/h11-15H,6-10H2,1-5H3. The van der Waals surface area contributed by atoms with Gasteiger partial charge in [-0.3, -0.25) is 0 Å². The molecule has 15 heavy (non-hydrogen) atoms. The van der Waals surface area contributed by atoms with E-state index in [-0.39, 0.29) is 0 Å². The highest BCUT2D eigenvalue weighted by Crippen LogP contribution is 2.46. The van der Waals surface area contributed by atoms with Gasteiger partial charge in [-0.1, -0.05) is 53.9 Å². The second kappa shape index (κ2) is 5.92. The summed E-state index contributed by atoms with van der Waals surface area (Å²) in [5.74, 6) is 4.95. The zero-order valence-electron chi connectivity index (χ0n) is 11.4. The van der Waals surface area contributed by atoms with Crippen molar-refractivity contribution in [2.75, 3.05) is 0 Å². The molecule has 90 valence electrons. The quantitative estimate of drug-likeness (QED) is 0.546. The summed E-state index contributed by atoms with van der Waals surface area (Å²) in [6.45, 7) is 12.0. The van der Waals surface area contributed by atoms with Crippen molar-refractivity contribution in [3.63, 3.8) is 0 Å². The zero-order chi connectivity index (χ0) is 11.4. The van der Waals surface area contributed by atoms with Crippen LogP contribution in [0.2, 0.25) is 0 Å². The SMILES string of the molecule is CCCC(C)C(C)C(C)CC1CC1CC. The first-order valence-corrected chi connectivity index (χ1v) is 7.10. The van der Waals surface area contributed by atoms with E-state index in [0.717, 1.165) is 29.6 Å². The van der Waals surface area contributed by atoms with Gasteiger partial charge in [0.25, 0.3) is 0 Å². The van der Waals surface area contributed by atoms with Crippen molar-refractivity contribution >= 4 is 0 Å². The Morgan fingerprint density at radius 1 is 1.00 bits per heavy atom. The van der Waals surface area contributed by atoms with E-state index in [4.69, 9.17) is 0 Å². The van der Waals surface area contributed by atoms with Crippen LogP contribution in [0.4, 0.5) is 0 Å². The molecule has 5 atom stereocenters. The molecule has 1 rings (SSSR count). The van der Waals surface area contributed by atoms with Gasteiger partial charge in [0.2, 0.25) is 0 Å². The highest BCUT2D eigenvalue weighted by Gasteiger charge is 2.37. The first kappa shape index (κ1) is 13.1. The van der Waals surface area contributed by atoms with Gasteiger partial charge in [0, 0.05) is 0 Å². The second-order valence-electron chi connectivity index (χ2n) is 6.00. The van der Waals surface area contributed by atoms with E-state index in [2.05, 4.69) is 34.6 Å². The van der Waals surface area contributed by atoms with E-state index in [1.165, 1.54) is 32.1 Å². The summed E-state index contributed by atoms with van der Waals surface area (Å²) in [5.41, 5.74) is 0. The Balaban J connectivity index is 2.24. The Hall–Kier alpha value is 0. The molecule has 1 aliphatic carbocycles. The molecular weight excluding hydrogens is 180 g/mol. The molecule has 5 unspecified atom stereocenters. The van der Waals surface area contributed by atoms with Gasteiger partial charge in [-0.05, 0) is 42.4 Å². The molecule has 1 aliphatic rings. The van der Waals surface area contributed by atoms with Crippen LogP contribution in [0.3, 0.4) is 0 Å². The van der Waals surface area contributed by atoms with E-state index in [9.17, 15) is 0 Å². The van der Waals surface area contributed by atoms with Crippen LogP contribution < -0.4 is 0 Å². The van der Waals surface area contributed by atoms with Crippen molar-refractivity contribution in [2.24, 2.45) is 29.6 Å². The number of hydrogen-bond acceptors (Lipinski definition) is 0. The van der Waals surface area contributed by atoms with Crippen molar-refractivity contribution < 1.29 is 0 Å². The predicted molar refractivity (Wildman–Crippen MR) is 68.9 cm³/mol. The Morgan fingerprint density at radius 3 is 2.13 bits per heavy atom. The lowest BCUT2D eigenvalue weighted by Crippen LogP contribution is -2.17. The molecule has 0 aliphatic heterocycles. The van der Waals surface area contributed by atoms with Gasteiger partial charge in [-0.25, -0.2) is 0 Å². The van der Waals surface area contributed by atoms with Crippen LogP contribution in [0.1, 0.15) is 66.7 Å². The van der Waals surface area contributed by atoms with Crippen LogP contribution in [-0.4, -0.2) is 0 Å². The number of rotatable bonds is 7. The Morgan fingerprint density at radius 2 is 1.67 bits per heavy atom. The second-order valence-corrected chi connectivity index (χ2v) is 6.00. The third kappa shape index (κ3) is 3.81. The van der Waals surface area contributed by atoms with E-state index in [1.807, 2.05) is 0 Å². The highest BCUT2D eigenvalue weighted by atomic mass is 14.4. The van der Waals surface area contributed by atoms with Gasteiger partial charge < -0.3 is 0 Å². The molecule has 1 fully saturated rings. The minimum atomic E-state index is 0.919. The molecule has 0 amide bonds. The molecule has 0 bridgehead atoms. The Bertz CT molecular complexity index is 173. The van der Waals surface area contributed by atoms with Crippen molar-refractivity contribution in [2.45, 2.75) is 66.7 Å². The van der Waals surface area contributed by atoms with E-state index < -0.39 is 0 Å². The fourth-order valence-electron chi connectivity index (χ4n) is 3.07. The summed E-state index contributed by atoms with van der Waals surface area (Å²) in [6.07, 6.45) is 7.19. The van der Waals surface area contributed by atoms with Gasteiger partial charge in [0.05, 0.1) is 0 Å². The minimum absolute atomic E-state index is 0.919. The first-order chi connectivity index (χ1) is 7.10. The van der Waals surface area contributed by atoms with Crippen LogP contribution in [0.15, 0.2) is 0 Å². The zero-order valence-corrected chi connectivity index (χ0v) is 11.4. The molecule has 0 nitrogen and oxygen atoms in total. The normalized spacial score (nSPS) is 31.0. The number of hydrogen-bond donors (Lipinski definition) is 0. The van der Waals surface area contributed by atoms with Crippen LogP contribution >= 0.6 is 0 Å². The first-order valence-electron chi connectivity index (χ1n) is 7.10. The van der Waals surface area contributed by atoms with Gasteiger partial charge in [-0.15, -0.1) is 0 Å². The Kier molecular flexibility index (Phi) is 5.15. The summed E-state index contributed by atoms with van der Waals surface area (Å²) < 4.78 is 0. The molecule has 0 saturated heterocycles. The molecule has 0 N–H and O–H groups in total. The molecule has 0 heterocycles. The van der Waals surface area contributed by atoms with Crippen LogP contribution in [0.25, 0.3) is 0 Å². The lowest BCUT2D eigenvalue weighted by Gasteiger charge is -2.26. The molecular formula is C15H30. The van der Waals surface area contributed by atoms with Gasteiger partial charge >= 0.3 is 0 Å². The molecule has 0 aromatic carbocycles. The molecule has 1 saturated carbocycles. The van der Waals surface area contributed by atoms with Crippen molar-refractivity contribution in [1.82, 2.24) is 0 Å². The maximum absolute atomic E-state index is 2.47. The lowest BCUT2D eigenvalue weighted by atomic mass is 9.80. The predicted octanol–water partition coefficient (Wildman–Crippen LogP) is 5.13. The average Bonchev–Trinajstić information content (AvgIpc) is 2.95. The van der Waals surface area contributed by atoms with E-state index in [1.54, 1.807) is 0 Å². The van der Waals surface area contributed by atoms with Gasteiger partial charge in [0.1, 0.15) is 0 Å². The third-order valence-electron chi connectivity index (χ3n) is 4.81. The van der Waals surface area contributed by atoms with Crippen molar-refractivity contribution in [3.8, 4) is 0 Å². The average molecular weight is 210 g/mol. The molecule has 0 heteroatoms. The summed E-state index contributed by atoms with van der Waals surface area (Å²) >= 11 is 0. The largest absolute Gasteiger partial charge is 0.0654 e. The highest BCUT2D eigenvalue weighted by molar-refractivity contribution is 4.87. The maximum Gasteiger partial charge on any atom is -0.0380 e. The molecule has 0 radical (unpaired) electrons. The van der Waals surface area contributed by atoms with E-state index in [0.29, 0.717) is 0 Å². The topological polar surface area (TPSA) is 0 Å². The van der Waals surface area contributed by atoms with Gasteiger partial charge in [0.15, 0.2) is 0 Å². The van der Waals surface area contributed by atoms with Crippen LogP contribution in [-0.2, 0) is 0 Å². The lowest BCUT2D eigenvalue weighted by molar-refractivity contribution is 0.242. The van der Waals surface area contributed by atoms with E-state index >= 15 is 0 Å². The van der Waals surface area contributed by atoms with Crippen LogP contribution in [0.5, 0.6) is 0 Å². The van der Waals surface area contributed by atoms with Crippen LogP contribution in [0, 0.1) is 29.6 Å². The fourth-order valence-corrected chi connectivity index (χ4v) is 3.07. The summed E-state index contributed by atoms with van der Waals surface area (Å²) in [5, 5.41) is 0. The molecule has 0 spiro atoms. The summed E-state index contributed by atoms with van der Waals surface area (Å²) in [4.78, 5) is 0. The van der Waals surface area contributed by atoms with Crippen molar-refractivity contribution in [1.29, 1.82) is 0 Å². The monoisotopic (exact) mass is 210 g/mol. The summed E-state index contributed by atoms with van der Waals surface area (Å²) in [6, 6.07) is 0. The third-order valence-corrected chi connectivity index (χ3v) is 4.81. The fraction of sp³-hybridized carbons (Fsp3) is 1.00.